The van der Waals surface area contributed by atoms with Crippen LogP contribution in [0, 0.1) is 5.92 Å². The molecule has 5 heteroatoms. The van der Waals surface area contributed by atoms with E-state index in [0.717, 1.165) is 5.69 Å². The smallest absolute Gasteiger partial charge is 0.253 e. The molecule has 1 unspecified atom stereocenters. The molecule has 0 fully saturated rings. The van der Waals surface area contributed by atoms with Gasteiger partial charge in [0.05, 0.1) is 11.2 Å². The molecule has 21 heavy (non-hydrogen) atoms. The van der Waals surface area contributed by atoms with Gasteiger partial charge in [0, 0.05) is 32.0 Å². The first kappa shape index (κ1) is 17.3. The van der Waals surface area contributed by atoms with Crippen molar-refractivity contribution in [2.24, 2.45) is 5.92 Å². The van der Waals surface area contributed by atoms with E-state index < -0.39 is 5.60 Å². The number of benzene rings is 1. The summed E-state index contributed by atoms with van der Waals surface area (Å²) in [6.45, 7) is 6.03. The number of rotatable bonds is 6. The molecule has 1 amide bonds. The Hall–Kier alpha value is -1.75. The summed E-state index contributed by atoms with van der Waals surface area (Å²) in [4.78, 5) is 14.2. The summed E-state index contributed by atoms with van der Waals surface area (Å²) in [5.41, 5.74) is 6.70. The molecule has 0 aliphatic carbocycles. The topological polar surface area (TPSA) is 78.6 Å². The highest BCUT2D eigenvalue weighted by molar-refractivity contribution is 6.00. The van der Waals surface area contributed by atoms with E-state index >= 15 is 0 Å². The molecule has 0 bridgehead atoms. The Kier molecular flexibility index (Phi) is 5.61. The fourth-order valence-corrected chi connectivity index (χ4v) is 2.44. The van der Waals surface area contributed by atoms with Gasteiger partial charge in [0.25, 0.3) is 5.91 Å². The van der Waals surface area contributed by atoms with E-state index in [1.165, 1.54) is 0 Å². The molecule has 0 spiro atoms. The number of nitrogens with two attached hydrogens (primary N) is 1. The zero-order valence-corrected chi connectivity index (χ0v) is 13.6. The maximum absolute atomic E-state index is 12.4. The molecule has 0 heterocycles. The lowest BCUT2D eigenvalue weighted by Gasteiger charge is -2.26. The van der Waals surface area contributed by atoms with Crippen LogP contribution in [0.4, 0.5) is 11.4 Å². The van der Waals surface area contributed by atoms with Gasteiger partial charge < -0.3 is 21.1 Å². The Morgan fingerprint density at radius 2 is 2.05 bits per heavy atom. The number of anilines is 2. The van der Waals surface area contributed by atoms with Crippen LogP contribution in [0.25, 0.3) is 0 Å². The standard InChI is InChI=1S/C16H27N3O2/c1-11(2)9-16(3,21)10-18-15(20)13-8-12(17)6-7-14(13)19(4)5/h6-8,11,21H,9-10,17H2,1-5H3,(H,18,20). The number of hydrogen-bond acceptors (Lipinski definition) is 4. The van der Waals surface area contributed by atoms with Crippen LogP contribution in [0.3, 0.4) is 0 Å². The minimum Gasteiger partial charge on any atom is -0.399 e. The molecular weight excluding hydrogens is 266 g/mol. The van der Waals surface area contributed by atoms with Crippen molar-refractivity contribution in [2.45, 2.75) is 32.8 Å². The summed E-state index contributed by atoms with van der Waals surface area (Å²) in [6.07, 6.45) is 0.630. The Morgan fingerprint density at radius 3 is 2.57 bits per heavy atom. The average Bonchev–Trinajstić information content (AvgIpc) is 2.34. The molecule has 0 saturated heterocycles. The SMILES string of the molecule is CC(C)CC(C)(O)CNC(=O)c1cc(N)ccc1N(C)C. The van der Waals surface area contributed by atoms with Gasteiger partial charge in [-0.2, -0.15) is 0 Å². The first-order valence-electron chi connectivity index (χ1n) is 7.20. The fourth-order valence-electron chi connectivity index (χ4n) is 2.44. The van der Waals surface area contributed by atoms with Crippen molar-refractivity contribution in [2.75, 3.05) is 31.3 Å². The van der Waals surface area contributed by atoms with E-state index in [0.29, 0.717) is 23.6 Å². The molecule has 1 aromatic rings. The third-order valence-corrected chi connectivity index (χ3v) is 3.22. The van der Waals surface area contributed by atoms with Gasteiger partial charge in [-0.05, 0) is 37.5 Å². The number of nitrogens with zero attached hydrogens (tertiary/aromatic N) is 1. The molecule has 1 aromatic carbocycles. The molecular formula is C16H27N3O2. The maximum Gasteiger partial charge on any atom is 0.253 e. The Balaban J connectivity index is 2.83. The van der Waals surface area contributed by atoms with Crippen LogP contribution in [-0.2, 0) is 0 Å². The number of carbonyl (C=O) groups excluding carboxylic acids is 1. The Bertz CT molecular complexity index is 496. The predicted molar refractivity (Wildman–Crippen MR) is 87.6 cm³/mol. The summed E-state index contributed by atoms with van der Waals surface area (Å²) in [6, 6.07) is 5.24. The highest BCUT2D eigenvalue weighted by Gasteiger charge is 2.23. The minimum absolute atomic E-state index is 0.214. The van der Waals surface area contributed by atoms with Gasteiger partial charge in [0.1, 0.15) is 0 Å². The van der Waals surface area contributed by atoms with Crippen molar-refractivity contribution >= 4 is 17.3 Å². The predicted octanol–water partition coefficient (Wildman–Crippen LogP) is 1.86. The van der Waals surface area contributed by atoms with Crippen molar-refractivity contribution < 1.29 is 9.90 Å². The summed E-state index contributed by atoms with van der Waals surface area (Å²) in [7, 11) is 3.74. The quantitative estimate of drug-likeness (QED) is 0.700. The number of amides is 1. The second-order valence-electron chi connectivity index (χ2n) is 6.45. The Morgan fingerprint density at radius 1 is 1.43 bits per heavy atom. The number of hydrogen-bond donors (Lipinski definition) is 3. The zero-order chi connectivity index (χ0) is 16.2. The van der Waals surface area contributed by atoms with E-state index in [1.54, 1.807) is 19.1 Å². The number of nitrogens with one attached hydrogen (secondary N) is 1. The highest BCUT2D eigenvalue weighted by Crippen LogP contribution is 2.22. The lowest BCUT2D eigenvalue weighted by molar-refractivity contribution is 0.0368. The lowest BCUT2D eigenvalue weighted by Crippen LogP contribution is -2.41. The molecule has 0 aliphatic rings. The van der Waals surface area contributed by atoms with Crippen LogP contribution in [0.15, 0.2) is 18.2 Å². The zero-order valence-electron chi connectivity index (χ0n) is 13.6. The number of nitrogen functional groups attached to an aromatic ring is 1. The van der Waals surface area contributed by atoms with Gasteiger partial charge in [-0.15, -0.1) is 0 Å². The van der Waals surface area contributed by atoms with Crippen LogP contribution < -0.4 is 16.0 Å². The monoisotopic (exact) mass is 293 g/mol. The normalized spacial score (nSPS) is 13.9. The van der Waals surface area contributed by atoms with Crippen LogP contribution in [0.1, 0.15) is 37.6 Å². The van der Waals surface area contributed by atoms with Gasteiger partial charge in [-0.1, -0.05) is 13.8 Å². The molecule has 0 aromatic heterocycles. The largest absolute Gasteiger partial charge is 0.399 e. The summed E-state index contributed by atoms with van der Waals surface area (Å²) in [5.74, 6) is 0.136. The van der Waals surface area contributed by atoms with Crippen molar-refractivity contribution in [3.05, 3.63) is 23.8 Å². The Labute approximate surface area is 127 Å². The first-order chi connectivity index (χ1) is 9.62. The van der Waals surface area contributed by atoms with Crippen molar-refractivity contribution in [1.82, 2.24) is 5.32 Å². The van der Waals surface area contributed by atoms with Crippen LogP contribution in [-0.4, -0.2) is 37.3 Å². The first-order valence-corrected chi connectivity index (χ1v) is 7.20. The van der Waals surface area contributed by atoms with Gasteiger partial charge in [0.2, 0.25) is 0 Å². The lowest BCUT2D eigenvalue weighted by atomic mass is 9.94. The fraction of sp³-hybridized carbons (Fsp3) is 0.562. The van der Waals surface area contributed by atoms with E-state index in [9.17, 15) is 9.90 Å². The van der Waals surface area contributed by atoms with Gasteiger partial charge in [-0.3, -0.25) is 4.79 Å². The molecule has 0 aliphatic heterocycles. The van der Waals surface area contributed by atoms with Crippen molar-refractivity contribution in [3.63, 3.8) is 0 Å². The molecule has 0 saturated carbocycles. The van der Waals surface area contributed by atoms with Crippen molar-refractivity contribution in [1.29, 1.82) is 0 Å². The summed E-state index contributed by atoms with van der Waals surface area (Å²) < 4.78 is 0. The van der Waals surface area contributed by atoms with E-state index in [-0.39, 0.29) is 12.5 Å². The highest BCUT2D eigenvalue weighted by atomic mass is 16.3. The molecule has 4 N–H and O–H groups in total. The average molecular weight is 293 g/mol. The third-order valence-electron chi connectivity index (χ3n) is 3.22. The van der Waals surface area contributed by atoms with Gasteiger partial charge >= 0.3 is 0 Å². The second-order valence-corrected chi connectivity index (χ2v) is 6.45. The molecule has 1 rings (SSSR count). The van der Waals surface area contributed by atoms with Crippen LogP contribution in [0.5, 0.6) is 0 Å². The molecule has 5 nitrogen and oxygen atoms in total. The van der Waals surface area contributed by atoms with E-state index in [1.807, 2.05) is 38.9 Å². The van der Waals surface area contributed by atoms with E-state index in [4.69, 9.17) is 5.73 Å². The molecule has 118 valence electrons. The second kappa shape index (κ2) is 6.80. The number of aliphatic hydroxyl groups is 1. The van der Waals surface area contributed by atoms with Crippen LogP contribution >= 0.6 is 0 Å². The van der Waals surface area contributed by atoms with Crippen LogP contribution in [0.2, 0.25) is 0 Å². The number of carbonyl (C=O) groups is 1. The van der Waals surface area contributed by atoms with E-state index in [2.05, 4.69) is 5.32 Å². The maximum atomic E-state index is 12.4. The summed E-state index contributed by atoms with van der Waals surface area (Å²) in [5, 5.41) is 13.1. The van der Waals surface area contributed by atoms with Gasteiger partial charge in [0.15, 0.2) is 0 Å². The summed E-state index contributed by atoms with van der Waals surface area (Å²) >= 11 is 0. The van der Waals surface area contributed by atoms with Crippen molar-refractivity contribution in [3.8, 4) is 0 Å². The molecule has 1 atom stereocenters. The molecule has 0 radical (unpaired) electrons. The van der Waals surface area contributed by atoms with Gasteiger partial charge in [-0.25, -0.2) is 0 Å². The minimum atomic E-state index is -0.914. The third kappa shape index (κ3) is 5.27.